The van der Waals surface area contributed by atoms with E-state index in [0.29, 0.717) is 16.7 Å². The van der Waals surface area contributed by atoms with E-state index < -0.39 is 6.04 Å². The topological polar surface area (TPSA) is 79.3 Å². The van der Waals surface area contributed by atoms with Gasteiger partial charge in [-0.05, 0) is 36.9 Å². The Morgan fingerprint density at radius 1 is 1.55 bits per heavy atom. The van der Waals surface area contributed by atoms with Gasteiger partial charge in [-0.2, -0.15) is 5.10 Å². The monoisotopic (exact) mass is 345 g/mol. The zero-order chi connectivity index (χ0) is 15.3. The predicted octanol–water partition coefficient (Wildman–Crippen LogP) is 0.114. The number of halogens is 1. The maximum Gasteiger partial charge on any atom is 0.283 e. The Hall–Kier alpha value is -1.41. The summed E-state index contributed by atoms with van der Waals surface area (Å²) in [5.74, 6) is -0.159. The minimum Gasteiger partial charge on any atom is -0.372 e. The molecule has 1 unspecified atom stereocenters. The first-order valence-corrected chi connectivity index (χ1v) is 7.04. The van der Waals surface area contributed by atoms with Crippen LogP contribution >= 0.6 is 15.9 Å². The SMILES string of the molecule is CNC(=O)C(C)Nc1cnn(CCN(C)C)c(=O)c1Br. The van der Waals surface area contributed by atoms with Crippen LogP contribution < -0.4 is 16.2 Å². The second-order valence-corrected chi connectivity index (χ2v) is 5.48. The summed E-state index contributed by atoms with van der Waals surface area (Å²) >= 11 is 3.26. The highest BCUT2D eigenvalue weighted by atomic mass is 79.9. The molecule has 1 aromatic heterocycles. The molecule has 1 aromatic rings. The molecule has 0 aliphatic heterocycles. The molecule has 0 aliphatic carbocycles. The van der Waals surface area contributed by atoms with E-state index in [1.165, 1.54) is 4.68 Å². The molecule has 20 heavy (non-hydrogen) atoms. The molecule has 112 valence electrons. The van der Waals surface area contributed by atoms with Crippen molar-refractivity contribution in [3.05, 3.63) is 21.0 Å². The highest BCUT2D eigenvalue weighted by Gasteiger charge is 2.15. The van der Waals surface area contributed by atoms with Gasteiger partial charge in [0.1, 0.15) is 10.5 Å². The van der Waals surface area contributed by atoms with Crippen LogP contribution in [-0.2, 0) is 11.3 Å². The molecule has 0 saturated carbocycles. The average Bonchev–Trinajstić information content (AvgIpc) is 2.41. The van der Waals surface area contributed by atoms with Gasteiger partial charge < -0.3 is 15.5 Å². The molecule has 0 aliphatic rings. The Morgan fingerprint density at radius 3 is 2.75 bits per heavy atom. The van der Waals surface area contributed by atoms with Crippen LogP contribution in [0.3, 0.4) is 0 Å². The first kappa shape index (κ1) is 16.6. The number of hydrogen-bond acceptors (Lipinski definition) is 5. The molecular formula is C12H20BrN5O2. The Morgan fingerprint density at radius 2 is 2.20 bits per heavy atom. The van der Waals surface area contributed by atoms with E-state index in [-0.39, 0.29) is 11.5 Å². The summed E-state index contributed by atoms with van der Waals surface area (Å²) in [6.07, 6.45) is 1.54. The lowest BCUT2D eigenvalue weighted by Crippen LogP contribution is -2.36. The third kappa shape index (κ3) is 4.31. The van der Waals surface area contributed by atoms with Crippen LogP contribution in [0.25, 0.3) is 0 Å². The van der Waals surface area contributed by atoms with Crippen LogP contribution in [0.1, 0.15) is 6.92 Å². The second-order valence-electron chi connectivity index (χ2n) is 4.68. The van der Waals surface area contributed by atoms with Crippen molar-refractivity contribution in [1.82, 2.24) is 20.0 Å². The number of carbonyl (C=O) groups excluding carboxylic acids is 1. The fourth-order valence-electron chi connectivity index (χ4n) is 1.53. The van der Waals surface area contributed by atoms with Gasteiger partial charge in [0, 0.05) is 13.6 Å². The lowest BCUT2D eigenvalue weighted by molar-refractivity contribution is -0.121. The molecule has 1 heterocycles. The van der Waals surface area contributed by atoms with E-state index in [9.17, 15) is 9.59 Å². The predicted molar refractivity (Wildman–Crippen MR) is 81.9 cm³/mol. The fourth-order valence-corrected chi connectivity index (χ4v) is 1.96. The van der Waals surface area contributed by atoms with Gasteiger partial charge in [0.15, 0.2) is 0 Å². The Balaban J connectivity index is 2.89. The second kappa shape index (κ2) is 7.39. The summed E-state index contributed by atoms with van der Waals surface area (Å²) in [7, 11) is 5.43. The molecule has 1 rings (SSSR count). The van der Waals surface area contributed by atoms with E-state index in [1.54, 1.807) is 20.2 Å². The third-order valence-electron chi connectivity index (χ3n) is 2.76. The highest BCUT2D eigenvalue weighted by Crippen LogP contribution is 2.17. The summed E-state index contributed by atoms with van der Waals surface area (Å²) in [5.41, 5.74) is 0.285. The van der Waals surface area contributed by atoms with Crippen LogP contribution in [0, 0.1) is 0 Å². The quantitative estimate of drug-likeness (QED) is 0.765. The van der Waals surface area contributed by atoms with E-state index in [1.807, 2.05) is 19.0 Å². The number of likely N-dealkylation sites (N-methyl/N-ethyl adjacent to an activating group) is 2. The standard InChI is InChI=1S/C12H20BrN5O2/c1-8(11(19)14-2)16-9-7-15-18(6-5-17(3)4)12(20)10(9)13/h7-8,16H,5-6H2,1-4H3,(H,14,19). The normalized spacial score (nSPS) is 12.3. The van der Waals surface area contributed by atoms with Gasteiger partial charge in [0.2, 0.25) is 5.91 Å². The summed E-state index contributed by atoms with van der Waals surface area (Å²) in [4.78, 5) is 25.6. The van der Waals surface area contributed by atoms with E-state index in [2.05, 4.69) is 31.7 Å². The summed E-state index contributed by atoms with van der Waals surface area (Å²) in [6, 6.07) is -0.449. The molecule has 7 nitrogen and oxygen atoms in total. The van der Waals surface area contributed by atoms with Crippen LogP contribution in [0.4, 0.5) is 5.69 Å². The van der Waals surface area contributed by atoms with Crippen molar-refractivity contribution < 1.29 is 4.79 Å². The highest BCUT2D eigenvalue weighted by molar-refractivity contribution is 9.10. The fraction of sp³-hybridized carbons (Fsp3) is 0.583. The van der Waals surface area contributed by atoms with Crippen molar-refractivity contribution in [2.24, 2.45) is 0 Å². The van der Waals surface area contributed by atoms with Gasteiger partial charge in [-0.25, -0.2) is 4.68 Å². The Labute approximate surface area is 126 Å². The maximum absolute atomic E-state index is 12.1. The third-order valence-corrected chi connectivity index (χ3v) is 3.52. The van der Waals surface area contributed by atoms with Crippen molar-refractivity contribution in [2.45, 2.75) is 19.5 Å². The van der Waals surface area contributed by atoms with E-state index >= 15 is 0 Å². The number of carbonyl (C=O) groups is 1. The summed E-state index contributed by atoms with van der Waals surface area (Å²) < 4.78 is 1.77. The zero-order valence-corrected chi connectivity index (χ0v) is 13.7. The molecular weight excluding hydrogens is 326 g/mol. The van der Waals surface area contributed by atoms with Crippen LogP contribution in [-0.4, -0.2) is 54.3 Å². The molecule has 0 aromatic carbocycles. The van der Waals surface area contributed by atoms with E-state index in [0.717, 1.165) is 6.54 Å². The molecule has 1 amide bonds. The van der Waals surface area contributed by atoms with Gasteiger partial charge in [0.25, 0.3) is 5.56 Å². The Bertz CT molecular complexity index is 529. The lowest BCUT2D eigenvalue weighted by Gasteiger charge is -2.16. The minimum atomic E-state index is -0.449. The number of amides is 1. The Kier molecular flexibility index (Phi) is 6.15. The van der Waals surface area contributed by atoms with Crippen molar-refractivity contribution in [3.8, 4) is 0 Å². The first-order valence-electron chi connectivity index (χ1n) is 6.25. The van der Waals surface area contributed by atoms with Crippen LogP contribution in [0.2, 0.25) is 0 Å². The maximum atomic E-state index is 12.1. The number of hydrogen-bond donors (Lipinski definition) is 2. The van der Waals surface area contributed by atoms with Crippen molar-refractivity contribution in [2.75, 3.05) is 33.0 Å². The molecule has 0 saturated heterocycles. The molecule has 1 atom stereocenters. The van der Waals surface area contributed by atoms with Crippen LogP contribution in [0.15, 0.2) is 15.5 Å². The number of rotatable bonds is 6. The minimum absolute atomic E-state index is 0.159. The largest absolute Gasteiger partial charge is 0.372 e. The van der Waals surface area contributed by atoms with Crippen molar-refractivity contribution in [1.29, 1.82) is 0 Å². The van der Waals surface area contributed by atoms with Gasteiger partial charge in [0.05, 0.1) is 18.4 Å². The van der Waals surface area contributed by atoms with E-state index in [4.69, 9.17) is 0 Å². The van der Waals surface area contributed by atoms with Gasteiger partial charge in [-0.3, -0.25) is 9.59 Å². The van der Waals surface area contributed by atoms with Crippen LogP contribution in [0.5, 0.6) is 0 Å². The van der Waals surface area contributed by atoms with Crippen molar-refractivity contribution >= 4 is 27.5 Å². The smallest absolute Gasteiger partial charge is 0.283 e. The van der Waals surface area contributed by atoms with Gasteiger partial charge in [-0.1, -0.05) is 0 Å². The zero-order valence-electron chi connectivity index (χ0n) is 12.1. The average molecular weight is 346 g/mol. The first-order chi connectivity index (χ1) is 9.36. The molecule has 0 bridgehead atoms. The lowest BCUT2D eigenvalue weighted by atomic mass is 10.3. The number of nitrogens with one attached hydrogen (secondary N) is 2. The molecule has 8 heteroatoms. The number of aromatic nitrogens is 2. The molecule has 0 radical (unpaired) electrons. The molecule has 0 fully saturated rings. The number of anilines is 1. The summed E-state index contributed by atoms with van der Waals surface area (Å²) in [5, 5.41) is 9.59. The van der Waals surface area contributed by atoms with Crippen molar-refractivity contribution in [3.63, 3.8) is 0 Å². The van der Waals surface area contributed by atoms with Gasteiger partial charge in [-0.15, -0.1) is 0 Å². The summed E-state index contributed by atoms with van der Waals surface area (Å²) in [6.45, 7) is 2.94. The molecule has 0 spiro atoms. The van der Waals surface area contributed by atoms with Gasteiger partial charge >= 0.3 is 0 Å². The number of nitrogens with zero attached hydrogens (tertiary/aromatic N) is 3. The molecule has 2 N–H and O–H groups in total.